The first-order chi connectivity index (χ1) is 20.6. The van der Waals surface area contributed by atoms with Gasteiger partial charge in [0.1, 0.15) is 6.04 Å². The summed E-state index contributed by atoms with van der Waals surface area (Å²) in [6.07, 6.45) is 0.143. The van der Waals surface area contributed by atoms with Crippen molar-refractivity contribution in [1.29, 1.82) is 0 Å². The summed E-state index contributed by atoms with van der Waals surface area (Å²) in [6.45, 7) is 7.04. The lowest BCUT2D eigenvalue weighted by molar-refractivity contribution is -0.139. The number of carbonyl (C=O) groups excluding carboxylic acids is 1. The fourth-order valence-corrected chi connectivity index (χ4v) is 5.34. The molecule has 0 spiro atoms. The molecule has 0 bridgehead atoms. The van der Waals surface area contributed by atoms with E-state index in [1.165, 1.54) is 5.56 Å². The highest BCUT2D eigenvalue weighted by atomic mass is 35.5. The van der Waals surface area contributed by atoms with Crippen molar-refractivity contribution < 1.29 is 14.7 Å². The van der Waals surface area contributed by atoms with Gasteiger partial charge in [0.05, 0.1) is 5.56 Å². The summed E-state index contributed by atoms with van der Waals surface area (Å²) < 4.78 is 0. The zero-order valence-electron chi connectivity index (χ0n) is 24.5. The van der Waals surface area contributed by atoms with E-state index in [4.69, 9.17) is 11.6 Å². The maximum atomic E-state index is 13.4. The third kappa shape index (κ3) is 7.25. The Morgan fingerprint density at radius 2 is 1.47 bits per heavy atom. The molecule has 0 saturated carbocycles. The topological polar surface area (TPSA) is 78.4 Å². The van der Waals surface area contributed by atoms with E-state index in [9.17, 15) is 14.7 Å². The molecule has 0 unspecified atom stereocenters. The molecule has 5 nitrogen and oxygen atoms in total. The highest BCUT2D eigenvalue weighted by molar-refractivity contribution is 6.31. The van der Waals surface area contributed by atoms with E-state index < -0.39 is 17.9 Å². The number of carbonyl (C=O) groups is 2. The molecule has 6 heteroatoms. The number of anilines is 1. The van der Waals surface area contributed by atoms with E-state index in [1.54, 1.807) is 18.2 Å². The second kappa shape index (κ2) is 12.7. The van der Waals surface area contributed by atoms with Gasteiger partial charge < -0.3 is 15.7 Å². The summed E-state index contributed by atoms with van der Waals surface area (Å²) >= 11 is 6.26. The Kier molecular flexibility index (Phi) is 8.84. The van der Waals surface area contributed by atoms with Crippen LogP contribution in [0.1, 0.15) is 47.8 Å². The Bertz CT molecular complexity index is 1750. The number of aliphatic carboxylic acids is 1. The molecule has 5 aromatic carbocycles. The summed E-state index contributed by atoms with van der Waals surface area (Å²) in [5.74, 6) is -1.62. The molecule has 0 aliphatic carbocycles. The summed E-state index contributed by atoms with van der Waals surface area (Å²) in [5.41, 5.74) is 6.22. The Hall–Kier alpha value is -4.61. The standard InChI is InChI=1S/C37H35ClN2O3/c1-37(2,3)29-17-15-26(16-18-29)25-13-11-24(12-14-25)21-34(36(42)43)40-35(41)32-22-30(38)19-20-33(32)39-23-28-9-6-8-27-7-4-5-10-31(27)28/h4-20,22,34,39H,21,23H2,1-3H3,(H,40,41)(H,42,43)/t34-/m0/s1. The number of carboxylic acids is 1. The Morgan fingerprint density at radius 1 is 0.814 bits per heavy atom. The van der Waals surface area contributed by atoms with Crippen molar-refractivity contribution in [2.45, 2.75) is 45.2 Å². The molecule has 0 heterocycles. The first-order valence-electron chi connectivity index (χ1n) is 14.3. The van der Waals surface area contributed by atoms with Crippen molar-refractivity contribution in [3.63, 3.8) is 0 Å². The average molecular weight is 591 g/mol. The Morgan fingerprint density at radius 3 is 2.14 bits per heavy atom. The van der Waals surface area contributed by atoms with Crippen molar-refractivity contribution in [1.82, 2.24) is 5.32 Å². The fraction of sp³-hybridized carbons (Fsp3) is 0.189. The fourth-order valence-electron chi connectivity index (χ4n) is 5.16. The lowest BCUT2D eigenvalue weighted by atomic mass is 9.86. The first-order valence-corrected chi connectivity index (χ1v) is 14.7. The van der Waals surface area contributed by atoms with Crippen LogP contribution in [0.2, 0.25) is 5.02 Å². The van der Waals surface area contributed by atoms with E-state index in [-0.39, 0.29) is 17.4 Å². The van der Waals surface area contributed by atoms with Gasteiger partial charge in [0.25, 0.3) is 5.91 Å². The number of hydrogen-bond donors (Lipinski definition) is 3. The number of fused-ring (bicyclic) bond motifs is 1. The number of halogens is 1. The van der Waals surface area contributed by atoms with E-state index in [0.717, 1.165) is 33.0 Å². The van der Waals surface area contributed by atoms with Crippen LogP contribution in [0.25, 0.3) is 21.9 Å². The molecular weight excluding hydrogens is 556 g/mol. The molecule has 5 rings (SSSR count). The molecule has 0 aliphatic heterocycles. The first kappa shape index (κ1) is 29.9. The molecule has 3 N–H and O–H groups in total. The van der Waals surface area contributed by atoms with Crippen LogP contribution in [0.5, 0.6) is 0 Å². The second-order valence-corrected chi connectivity index (χ2v) is 12.2. The van der Waals surface area contributed by atoms with E-state index in [2.05, 4.69) is 73.9 Å². The van der Waals surface area contributed by atoms with Gasteiger partial charge in [-0.05, 0) is 62.2 Å². The van der Waals surface area contributed by atoms with Gasteiger partial charge in [-0.25, -0.2) is 4.79 Å². The maximum Gasteiger partial charge on any atom is 0.326 e. The second-order valence-electron chi connectivity index (χ2n) is 11.8. The number of amides is 1. The Balaban J connectivity index is 1.29. The molecule has 1 amide bonds. The van der Waals surface area contributed by atoms with Crippen LogP contribution in [0, 0.1) is 0 Å². The number of rotatable bonds is 9. The van der Waals surface area contributed by atoms with Crippen LogP contribution in [-0.2, 0) is 23.2 Å². The van der Waals surface area contributed by atoms with Crippen molar-refractivity contribution in [2.24, 2.45) is 0 Å². The normalized spacial score (nSPS) is 12.1. The van der Waals surface area contributed by atoms with Crippen LogP contribution in [-0.4, -0.2) is 23.0 Å². The third-order valence-electron chi connectivity index (χ3n) is 7.66. The molecule has 0 aliphatic rings. The molecule has 0 radical (unpaired) electrons. The SMILES string of the molecule is CC(C)(C)c1ccc(-c2ccc(C[C@H](NC(=O)c3cc(Cl)ccc3NCc3cccc4ccccc34)C(=O)O)cc2)cc1. The molecular formula is C37H35ClN2O3. The van der Waals surface area contributed by atoms with Crippen LogP contribution in [0.15, 0.2) is 109 Å². The molecule has 1 atom stereocenters. The highest BCUT2D eigenvalue weighted by Crippen LogP contribution is 2.27. The molecule has 0 fully saturated rings. The van der Waals surface area contributed by atoms with E-state index in [0.29, 0.717) is 17.3 Å². The number of carboxylic acid groups (broad SMARTS) is 1. The van der Waals surface area contributed by atoms with Crippen molar-refractivity contribution in [3.05, 3.63) is 136 Å². The van der Waals surface area contributed by atoms with Crippen LogP contribution in [0.3, 0.4) is 0 Å². The van der Waals surface area contributed by atoms with Gasteiger partial charge in [0.15, 0.2) is 0 Å². The predicted molar refractivity (Wildman–Crippen MR) is 176 cm³/mol. The quantitative estimate of drug-likeness (QED) is 0.161. The molecule has 0 aromatic heterocycles. The predicted octanol–water partition coefficient (Wildman–Crippen LogP) is 8.50. The van der Waals surface area contributed by atoms with Gasteiger partial charge >= 0.3 is 5.97 Å². The summed E-state index contributed by atoms with van der Waals surface area (Å²) in [7, 11) is 0. The van der Waals surface area contributed by atoms with Crippen molar-refractivity contribution in [2.75, 3.05) is 5.32 Å². The maximum absolute atomic E-state index is 13.4. The summed E-state index contributed by atoms with van der Waals surface area (Å²) in [5, 5.41) is 18.7. The van der Waals surface area contributed by atoms with Gasteiger partial charge in [-0.3, -0.25) is 4.79 Å². The lowest BCUT2D eigenvalue weighted by Gasteiger charge is -2.19. The lowest BCUT2D eigenvalue weighted by Crippen LogP contribution is -2.42. The minimum absolute atomic E-state index is 0.0807. The van der Waals surface area contributed by atoms with Crippen LogP contribution >= 0.6 is 11.6 Å². The third-order valence-corrected chi connectivity index (χ3v) is 7.89. The molecule has 0 saturated heterocycles. The van der Waals surface area contributed by atoms with Gasteiger partial charge in [-0.15, -0.1) is 0 Å². The van der Waals surface area contributed by atoms with E-state index >= 15 is 0 Å². The monoisotopic (exact) mass is 590 g/mol. The molecule has 218 valence electrons. The smallest absolute Gasteiger partial charge is 0.326 e. The Labute approximate surface area is 257 Å². The van der Waals surface area contributed by atoms with E-state index in [1.807, 2.05) is 48.5 Å². The largest absolute Gasteiger partial charge is 0.480 e. The van der Waals surface area contributed by atoms with Gasteiger partial charge in [0.2, 0.25) is 0 Å². The van der Waals surface area contributed by atoms with Gasteiger partial charge in [0, 0.05) is 23.7 Å². The highest BCUT2D eigenvalue weighted by Gasteiger charge is 2.23. The molecule has 43 heavy (non-hydrogen) atoms. The zero-order chi connectivity index (χ0) is 30.6. The van der Waals surface area contributed by atoms with Crippen LogP contribution in [0.4, 0.5) is 5.69 Å². The average Bonchev–Trinajstić information content (AvgIpc) is 3.00. The summed E-state index contributed by atoms with van der Waals surface area (Å²) in [6, 6.07) is 34.4. The van der Waals surface area contributed by atoms with Gasteiger partial charge in [-0.2, -0.15) is 0 Å². The van der Waals surface area contributed by atoms with Crippen LogP contribution < -0.4 is 10.6 Å². The number of nitrogens with one attached hydrogen (secondary N) is 2. The zero-order valence-corrected chi connectivity index (χ0v) is 25.3. The minimum Gasteiger partial charge on any atom is -0.480 e. The molecule has 5 aromatic rings. The minimum atomic E-state index is -1.12. The van der Waals surface area contributed by atoms with Crippen molar-refractivity contribution >= 4 is 39.9 Å². The summed E-state index contributed by atoms with van der Waals surface area (Å²) in [4.78, 5) is 25.6. The van der Waals surface area contributed by atoms with Gasteiger partial charge in [-0.1, -0.05) is 123 Å². The number of hydrogen-bond acceptors (Lipinski definition) is 3. The van der Waals surface area contributed by atoms with Crippen molar-refractivity contribution in [3.8, 4) is 11.1 Å². The number of benzene rings is 5.